The Hall–Kier alpha value is -3.12. The third-order valence-corrected chi connectivity index (χ3v) is 6.06. The van der Waals surface area contributed by atoms with Crippen LogP contribution in [0.2, 0.25) is 0 Å². The number of ketones is 1. The molecule has 5 nitrogen and oxygen atoms in total. The highest BCUT2D eigenvalue weighted by molar-refractivity contribution is 7.92. The number of nitrogens with one attached hydrogen (secondary N) is 1. The van der Waals surface area contributed by atoms with Crippen molar-refractivity contribution >= 4 is 21.5 Å². The molecular weight excluding hydrogens is 374 g/mol. The predicted molar refractivity (Wildman–Crippen MR) is 110 cm³/mol. The Morgan fingerprint density at radius 3 is 2.07 bits per heavy atom. The highest BCUT2D eigenvalue weighted by atomic mass is 32.2. The lowest BCUT2D eigenvalue weighted by Crippen LogP contribution is -2.18. The molecule has 0 heterocycles. The molecule has 0 aliphatic heterocycles. The van der Waals surface area contributed by atoms with Crippen LogP contribution in [-0.4, -0.2) is 21.3 Å². The summed E-state index contributed by atoms with van der Waals surface area (Å²) in [4.78, 5) is 13.0. The summed E-state index contributed by atoms with van der Waals surface area (Å²) < 4.78 is 34.0. The van der Waals surface area contributed by atoms with E-state index in [4.69, 9.17) is 4.74 Å². The van der Waals surface area contributed by atoms with E-state index in [1.165, 1.54) is 7.11 Å². The number of aryl methyl sites for hydroxylation is 2. The zero-order valence-corrected chi connectivity index (χ0v) is 16.7. The van der Waals surface area contributed by atoms with Crippen LogP contribution < -0.4 is 9.46 Å². The summed E-state index contributed by atoms with van der Waals surface area (Å²) in [6.07, 6.45) is 0. The van der Waals surface area contributed by atoms with E-state index in [0.29, 0.717) is 28.0 Å². The van der Waals surface area contributed by atoms with Gasteiger partial charge < -0.3 is 4.74 Å². The van der Waals surface area contributed by atoms with E-state index in [9.17, 15) is 13.2 Å². The Bertz CT molecular complexity index is 1100. The van der Waals surface area contributed by atoms with Gasteiger partial charge in [0.1, 0.15) is 5.75 Å². The average Bonchev–Trinajstić information content (AvgIpc) is 2.67. The zero-order valence-electron chi connectivity index (χ0n) is 15.9. The number of methoxy groups -OCH3 is 1. The van der Waals surface area contributed by atoms with Crippen molar-refractivity contribution in [2.75, 3.05) is 11.8 Å². The standard InChI is InChI=1S/C22H21NO4S/c1-15-13-18(27-3)14-16(2)22(15)28(25,26)23-20-12-8-7-11-19(20)21(24)17-9-5-4-6-10-17/h4-14,23H,1-3H3. The molecule has 3 aromatic rings. The topological polar surface area (TPSA) is 72.5 Å². The first-order chi connectivity index (χ1) is 13.3. The van der Waals surface area contributed by atoms with Gasteiger partial charge in [0.2, 0.25) is 0 Å². The van der Waals surface area contributed by atoms with Gasteiger partial charge in [-0.3, -0.25) is 9.52 Å². The van der Waals surface area contributed by atoms with E-state index in [1.54, 1.807) is 74.5 Å². The maximum absolute atomic E-state index is 13.1. The highest BCUT2D eigenvalue weighted by Gasteiger charge is 2.23. The molecule has 0 aliphatic rings. The van der Waals surface area contributed by atoms with Crippen LogP contribution in [0.4, 0.5) is 5.69 Å². The van der Waals surface area contributed by atoms with Crippen molar-refractivity contribution in [3.63, 3.8) is 0 Å². The summed E-state index contributed by atoms with van der Waals surface area (Å²) in [6, 6.07) is 18.7. The third kappa shape index (κ3) is 3.92. The van der Waals surface area contributed by atoms with E-state index < -0.39 is 10.0 Å². The first-order valence-electron chi connectivity index (χ1n) is 8.70. The average molecular weight is 395 g/mol. The second kappa shape index (κ2) is 7.86. The van der Waals surface area contributed by atoms with Gasteiger partial charge in [0.15, 0.2) is 5.78 Å². The van der Waals surface area contributed by atoms with Crippen molar-refractivity contribution in [3.05, 3.63) is 89.0 Å². The van der Waals surface area contributed by atoms with Crippen LogP contribution in [0.25, 0.3) is 0 Å². The van der Waals surface area contributed by atoms with Gasteiger partial charge in [-0.2, -0.15) is 0 Å². The highest BCUT2D eigenvalue weighted by Crippen LogP contribution is 2.29. The summed E-state index contributed by atoms with van der Waals surface area (Å²) in [5.74, 6) is 0.343. The van der Waals surface area contributed by atoms with Crippen LogP contribution in [0.5, 0.6) is 5.75 Å². The van der Waals surface area contributed by atoms with E-state index in [2.05, 4.69) is 4.72 Å². The van der Waals surface area contributed by atoms with E-state index in [-0.39, 0.29) is 16.4 Å². The zero-order chi connectivity index (χ0) is 20.3. The summed E-state index contributed by atoms with van der Waals surface area (Å²) in [5.41, 5.74) is 2.16. The predicted octanol–water partition coefficient (Wildman–Crippen LogP) is 4.34. The van der Waals surface area contributed by atoms with Gasteiger partial charge in [-0.1, -0.05) is 42.5 Å². The minimum atomic E-state index is -3.90. The van der Waals surface area contributed by atoms with Gasteiger partial charge in [0.05, 0.1) is 17.7 Å². The molecule has 0 bridgehead atoms. The molecule has 0 saturated carbocycles. The van der Waals surface area contributed by atoms with E-state index in [0.717, 1.165) is 0 Å². The lowest BCUT2D eigenvalue weighted by Gasteiger charge is -2.16. The maximum atomic E-state index is 13.1. The first kappa shape index (κ1) is 19.6. The van der Waals surface area contributed by atoms with Crippen LogP contribution >= 0.6 is 0 Å². The Kier molecular flexibility index (Phi) is 5.51. The minimum absolute atomic E-state index is 0.176. The SMILES string of the molecule is COc1cc(C)c(S(=O)(=O)Nc2ccccc2C(=O)c2ccccc2)c(C)c1. The van der Waals surface area contributed by atoms with Crippen LogP contribution in [0.3, 0.4) is 0 Å². The molecule has 28 heavy (non-hydrogen) atoms. The number of para-hydroxylation sites is 1. The molecule has 0 spiro atoms. The van der Waals surface area contributed by atoms with E-state index in [1.807, 2.05) is 6.07 Å². The van der Waals surface area contributed by atoms with Crippen LogP contribution in [0, 0.1) is 13.8 Å². The fourth-order valence-electron chi connectivity index (χ4n) is 3.16. The number of hydrogen-bond acceptors (Lipinski definition) is 4. The number of carbonyl (C=O) groups is 1. The molecule has 0 unspecified atom stereocenters. The van der Waals surface area contributed by atoms with Crippen LogP contribution in [-0.2, 0) is 10.0 Å². The van der Waals surface area contributed by atoms with Gasteiger partial charge in [-0.05, 0) is 49.2 Å². The molecule has 3 aromatic carbocycles. The summed E-state index contributed by atoms with van der Waals surface area (Å²) >= 11 is 0. The molecule has 0 amide bonds. The molecule has 3 rings (SSSR count). The van der Waals surface area contributed by atoms with Crippen molar-refractivity contribution in [2.24, 2.45) is 0 Å². The molecule has 144 valence electrons. The number of ether oxygens (including phenoxy) is 1. The molecular formula is C22H21NO4S. The van der Waals surface area contributed by atoms with Gasteiger partial charge >= 0.3 is 0 Å². The Morgan fingerprint density at radius 2 is 1.46 bits per heavy atom. The number of benzene rings is 3. The molecule has 1 N–H and O–H groups in total. The minimum Gasteiger partial charge on any atom is -0.497 e. The van der Waals surface area contributed by atoms with Gasteiger partial charge in [0, 0.05) is 11.1 Å². The van der Waals surface area contributed by atoms with Crippen molar-refractivity contribution in [1.82, 2.24) is 0 Å². The largest absolute Gasteiger partial charge is 0.497 e. The lowest BCUT2D eigenvalue weighted by molar-refractivity contribution is 0.103. The normalized spacial score (nSPS) is 11.1. The summed E-state index contributed by atoms with van der Waals surface area (Å²) in [5, 5.41) is 0. The second-order valence-corrected chi connectivity index (χ2v) is 8.06. The summed E-state index contributed by atoms with van der Waals surface area (Å²) in [7, 11) is -2.36. The molecule has 6 heteroatoms. The van der Waals surface area contributed by atoms with Crippen molar-refractivity contribution in [3.8, 4) is 5.75 Å². The van der Waals surface area contributed by atoms with Gasteiger partial charge in [-0.25, -0.2) is 8.42 Å². The Balaban J connectivity index is 2.02. The number of carbonyl (C=O) groups excluding carboxylic acids is 1. The number of hydrogen-bond donors (Lipinski definition) is 1. The van der Waals surface area contributed by atoms with Crippen molar-refractivity contribution in [2.45, 2.75) is 18.7 Å². The number of sulfonamides is 1. The van der Waals surface area contributed by atoms with E-state index >= 15 is 0 Å². The molecule has 0 fully saturated rings. The Morgan fingerprint density at radius 1 is 0.893 bits per heavy atom. The van der Waals surface area contributed by atoms with Gasteiger partial charge in [0.25, 0.3) is 10.0 Å². The maximum Gasteiger partial charge on any atom is 0.262 e. The molecule has 0 aromatic heterocycles. The van der Waals surface area contributed by atoms with Crippen molar-refractivity contribution < 1.29 is 17.9 Å². The van der Waals surface area contributed by atoms with Gasteiger partial charge in [-0.15, -0.1) is 0 Å². The monoisotopic (exact) mass is 395 g/mol. The summed E-state index contributed by atoms with van der Waals surface area (Å²) in [6.45, 7) is 3.43. The molecule has 0 radical (unpaired) electrons. The second-order valence-electron chi connectivity index (χ2n) is 6.44. The quantitative estimate of drug-likeness (QED) is 0.630. The first-order valence-corrected chi connectivity index (χ1v) is 10.2. The molecule has 0 aliphatic carbocycles. The fraction of sp³-hybridized carbons (Fsp3) is 0.136. The smallest absolute Gasteiger partial charge is 0.262 e. The fourth-order valence-corrected chi connectivity index (χ4v) is 4.70. The molecule has 0 atom stereocenters. The number of rotatable bonds is 6. The third-order valence-electron chi connectivity index (χ3n) is 4.39. The van der Waals surface area contributed by atoms with Crippen molar-refractivity contribution in [1.29, 1.82) is 0 Å². The van der Waals surface area contributed by atoms with Crippen LogP contribution in [0.15, 0.2) is 71.6 Å². The lowest BCUT2D eigenvalue weighted by atomic mass is 10.0. The molecule has 0 saturated heterocycles. The Labute approximate surface area is 165 Å². The number of anilines is 1. The van der Waals surface area contributed by atoms with Crippen LogP contribution in [0.1, 0.15) is 27.0 Å².